The van der Waals surface area contributed by atoms with Gasteiger partial charge in [-0.1, -0.05) is 30.3 Å². The molecule has 114 valence electrons. The Balaban J connectivity index is 1.88. The van der Waals surface area contributed by atoms with Crippen LogP contribution in [0.5, 0.6) is 0 Å². The first kappa shape index (κ1) is 15.5. The highest BCUT2D eigenvalue weighted by molar-refractivity contribution is 5.84. The number of epoxide rings is 1. The predicted octanol–water partition coefficient (Wildman–Crippen LogP) is 1.45. The number of hydrogen-bond donors (Lipinski definition) is 1. The molecule has 5 nitrogen and oxygen atoms in total. The van der Waals surface area contributed by atoms with Crippen molar-refractivity contribution in [3.63, 3.8) is 0 Å². The largest absolute Gasteiger partial charge is 0.469 e. The molecule has 1 amide bonds. The van der Waals surface area contributed by atoms with Gasteiger partial charge in [-0.3, -0.25) is 9.59 Å². The van der Waals surface area contributed by atoms with E-state index in [-0.39, 0.29) is 36.5 Å². The summed E-state index contributed by atoms with van der Waals surface area (Å²) in [4.78, 5) is 23.4. The van der Waals surface area contributed by atoms with E-state index in [4.69, 9.17) is 9.47 Å². The molecular formula is C16H21NO4. The minimum Gasteiger partial charge on any atom is -0.469 e. The van der Waals surface area contributed by atoms with Crippen molar-refractivity contribution in [3.8, 4) is 0 Å². The van der Waals surface area contributed by atoms with E-state index in [0.717, 1.165) is 6.42 Å². The minimum absolute atomic E-state index is 0.0297. The van der Waals surface area contributed by atoms with Crippen molar-refractivity contribution in [1.82, 2.24) is 5.32 Å². The smallest absolute Gasteiger partial charge is 0.307 e. The molecule has 1 saturated heterocycles. The van der Waals surface area contributed by atoms with Gasteiger partial charge in [0, 0.05) is 6.04 Å². The lowest BCUT2D eigenvalue weighted by Crippen LogP contribution is -2.40. The van der Waals surface area contributed by atoms with Gasteiger partial charge in [0.2, 0.25) is 0 Å². The molecule has 1 N–H and O–H groups in total. The van der Waals surface area contributed by atoms with Gasteiger partial charge < -0.3 is 14.8 Å². The molecule has 0 aliphatic carbocycles. The lowest BCUT2D eigenvalue weighted by atomic mass is 10.0. The van der Waals surface area contributed by atoms with E-state index in [2.05, 4.69) is 5.32 Å². The number of carbonyl (C=O) groups excluding carboxylic acids is 2. The molecule has 0 spiro atoms. The average molecular weight is 291 g/mol. The molecule has 1 aliphatic rings. The SMILES string of the molecule is COC(=O)C[C@H](CCc1ccccc1)NC(=O)[C@@H]1O[C@H]1C. The second kappa shape index (κ2) is 7.22. The lowest BCUT2D eigenvalue weighted by molar-refractivity contribution is -0.141. The number of amides is 1. The Morgan fingerprint density at radius 2 is 2.00 bits per heavy atom. The van der Waals surface area contributed by atoms with Crippen LogP contribution in [0.1, 0.15) is 25.3 Å². The first-order valence-corrected chi connectivity index (χ1v) is 7.16. The molecular weight excluding hydrogens is 270 g/mol. The third-order valence-corrected chi connectivity index (χ3v) is 3.58. The fraction of sp³-hybridized carbons (Fsp3) is 0.500. The third kappa shape index (κ3) is 4.86. The van der Waals surface area contributed by atoms with Crippen molar-refractivity contribution < 1.29 is 19.1 Å². The topological polar surface area (TPSA) is 67.9 Å². The minimum atomic E-state index is -0.373. The fourth-order valence-electron chi connectivity index (χ4n) is 2.24. The van der Waals surface area contributed by atoms with Crippen molar-refractivity contribution in [2.45, 2.75) is 44.4 Å². The Labute approximate surface area is 124 Å². The van der Waals surface area contributed by atoms with Crippen molar-refractivity contribution in [2.24, 2.45) is 0 Å². The molecule has 1 heterocycles. The van der Waals surface area contributed by atoms with Crippen LogP contribution in [-0.4, -0.2) is 37.2 Å². The van der Waals surface area contributed by atoms with Crippen LogP contribution in [0.15, 0.2) is 30.3 Å². The van der Waals surface area contributed by atoms with Crippen LogP contribution in [-0.2, 0) is 25.5 Å². The van der Waals surface area contributed by atoms with Gasteiger partial charge in [0.25, 0.3) is 5.91 Å². The molecule has 0 radical (unpaired) electrons. The maximum absolute atomic E-state index is 11.9. The summed E-state index contributed by atoms with van der Waals surface area (Å²) in [6, 6.07) is 9.74. The number of ether oxygens (including phenoxy) is 2. The van der Waals surface area contributed by atoms with Crippen molar-refractivity contribution >= 4 is 11.9 Å². The van der Waals surface area contributed by atoms with E-state index in [1.807, 2.05) is 37.3 Å². The quantitative estimate of drug-likeness (QED) is 0.610. The summed E-state index contributed by atoms with van der Waals surface area (Å²) in [6.45, 7) is 1.85. The van der Waals surface area contributed by atoms with Gasteiger partial charge in [-0.2, -0.15) is 0 Å². The van der Waals surface area contributed by atoms with Crippen LogP contribution in [0.3, 0.4) is 0 Å². The summed E-state index contributed by atoms with van der Waals surface area (Å²) in [5.74, 6) is -0.470. The molecule has 1 aromatic carbocycles. The molecule has 21 heavy (non-hydrogen) atoms. The highest BCUT2D eigenvalue weighted by Gasteiger charge is 2.41. The van der Waals surface area contributed by atoms with Crippen molar-refractivity contribution in [2.75, 3.05) is 7.11 Å². The monoisotopic (exact) mass is 291 g/mol. The second-order valence-corrected chi connectivity index (χ2v) is 5.27. The number of hydrogen-bond acceptors (Lipinski definition) is 4. The van der Waals surface area contributed by atoms with Crippen LogP contribution in [0.4, 0.5) is 0 Å². The number of methoxy groups -OCH3 is 1. The third-order valence-electron chi connectivity index (χ3n) is 3.58. The Kier molecular flexibility index (Phi) is 5.33. The number of aryl methyl sites for hydroxylation is 1. The summed E-state index contributed by atoms with van der Waals surface area (Å²) in [5, 5.41) is 2.88. The van der Waals surface area contributed by atoms with E-state index in [1.165, 1.54) is 12.7 Å². The molecule has 0 aromatic heterocycles. The van der Waals surface area contributed by atoms with Gasteiger partial charge in [-0.15, -0.1) is 0 Å². The van der Waals surface area contributed by atoms with Gasteiger partial charge in [0.15, 0.2) is 6.10 Å². The van der Waals surface area contributed by atoms with Crippen LogP contribution in [0.25, 0.3) is 0 Å². The Morgan fingerprint density at radius 3 is 2.57 bits per heavy atom. The molecule has 2 rings (SSSR count). The van der Waals surface area contributed by atoms with Gasteiger partial charge in [-0.05, 0) is 25.3 Å². The maximum Gasteiger partial charge on any atom is 0.307 e. The first-order valence-electron chi connectivity index (χ1n) is 7.16. The molecule has 0 unspecified atom stereocenters. The van der Waals surface area contributed by atoms with Crippen LogP contribution < -0.4 is 5.32 Å². The summed E-state index contributed by atoms with van der Waals surface area (Å²) < 4.78 is 9.84. The van der Waals surface area contributed by atoms with Gasteiger partial charge in [0.1, 0.15) is 0 Å². The fourth-order valence-corrected chi connectivity index (χ4v) is 2.24. The Bertz CT molecular complexity index is 488. The first-order chi connectivity index (χ1) is 10.1. The maximum atomic E-state index is 11.9. The summed E-state index contributed by atoms with van der Waals surface area (Å²) in [7, 11) is 1.35. The highest BCUT2D eigenvalue weighted by atomic mass is 16.6. The van der Waals surface area contributed by atoms with E-state index >= 15 is 0 Å². The van der Waals surface area contributed by atoms with Crippen LogP contribution >= 0.6 is 0 Å². The zero-order chi connectivity index (χ0) is 15.2. The zero-order valence-corrected chi connectivity index (χ0v) is 12.4. The summed E-state index contributed by atoms with van der Waals surface area (Å²) in [5.41, 5.74) is 1.18. The van der Waals surface area contributed by atoms with Crippen molar-refractivity contribution in [3.05, 3.63) is 35.9 Å². The zero-order valence-electron chi connectivity index (χ0n) is 12.4. The predicted molar refractivity (Wildman–Crippen MR) is 77.7 cm³/mol. The van der Waals surface area contributed by atoms with Gasteiger partial charge in [0.05, 0.1) is 19.6 Å². The number of benzene rings is 1. The van der Waals surface area contributed by atoms with E-state index in [9.17, 15) is 9.59 Å². The normalized spacial score (nSPS) is 21.4. The molecule has 0 saturated carbocycles. The number of esters is 1. The lowest BCUT2D eigenvalue weighted by Gasteiger charge is -2.17. The van der Waals surface area contributed by atoms with E-state index in [1.54, 1.807) is 0 Å². The molecule has 1 fully saturated rings. The highest BCUT2D eigenvalue weighted by Crippen LogP contribution is 2.21. The van der Waals surface area contributed by atoms with E-state index < -0.39 is 0 Å². The molecule has 3 atom stereocenters. The van der Waals surface area contributed by atoms with Gasteiger partial charge in [-0.25, -0.2) is 0 Å². The average Bonchev–Trinajstić information content (AvgIpc) is 3.22. The molecule has 1 aliphatic heterocycles. The molecule has 0 bridgehead atoms. The Morgan fingerprint density at radius 1 is 1.33 bits per heavy atom. The van der Waals surface area contributed by atoms with Crippen LogP contribution in [0, 0.1) is 0 Å². The van der Waals surface area contributed by atoms with Crippen molar-refractivity contribution in [1.29, 1.82) is 0 Å². The van der Waals surface area contributed by atoms with E-state index in [0.29, 0.717) is 6.42 Å². The number of nitrogens with one attached hydrogen (secondary N) is 1. The molecule has 5 heteroatoms. The number of carbonyl (C=O) groups is 2. The van der Waals surface area contributed by atoms with Crippen LogP contribution in [0.2, 0.25) is 0 Å². The second-order valence-electron chi connectivity index (χ2n) is 5.27. The standard InChI is InChI=1S/C16H21NO4/c1-11-15(21-11)16(19)17-13(10-14(18)20-2)9-8-12-6-4-3-5-7-12/h3-7,11,13,15H,8-10H2,1-2H3,(H,17,19)/t11-,13-,15+/m0/s1. The summed E-state index contributed by atoms with van der Waals surface area (Å²) >= 11 is 0. The number of rotatable bonds is 7. The van der Waals surface area contributed by atoms with Gasteiger partial charge >= 0.3 is 5.97 Å². The summed E-state index contributed by atoms with van der Waals surface area (Å²) in [6.07, 6.45) is 1.26. The Hall–Kier alpha value is -1.88. The molecule has 1 aromatic rings.